The average molecular weight is 208 g/mol. The molecule has 0 saturated heterocycles. The van der Waals surface area contributed by atoms with Crippen molar-refractivity contribution in [2.75, 3.05) is 11.9 Å². The summed E-state index contributed by atoms with van der Waals surface area (Å²) in [5, 5.41) is 13.5. The molecule has 0 bridgehead atoms. The molecule has 0 heterocycles. The van der Waals surface area contributed by atoms with Crippen molar-refractivity contribution in [1.82, 2.24) is 0 Å². The highest BCUT2D eigenvalue weighted by Crippen LogP contribution is 2.13. The number of aryl methyl sites for hydroxylation is 2. The number of nitro groups is 1. The lowest BCUT2D eigenvalue weighted by molar-refractivity contribution is -0.514. The molecule has 1 aromatic rings. The van der Waals surface area contributed by atoms with Crippen molar-refractivity contribution in [3.8, 4) is 0 Å². The third-order valence-electron chi connectivity index (χ3n) is 2.47. The number of hydrogen-bond donors (Lipinski definition) is 1. The van der Waals surface area contributed by atoms with Crippen LogP contribution in [0.2, 0.25) is 0 Å². The molecule has 0 radical (unpaired) electrons. The van der Waals surface area contributed by atoms with Crippen LogP contribution in [-0.2, 0) is 0 Å². The average Bonchev–Trinajstić information content (AvgIpc) is 2.19. The third kappa shape index (κ3) is 3.23. The molecule has 1 rings (SSSR count). The van der Waals surface area contributed by atoms with Crippen molar-refractivity contribution >= 4 is 5.69 Å². The van der Waals surface area contributed by atoms with Gasteiger partial charge in [-0.3, -0.25) is 10.1 Å². The zero-order valence-corrected chi connectivity index (χ0v) is 9.28. The third-order valence-corrected chi connectivity index (χ3v) is 2.47. The van der Waals surface area contributed by atoms with Gasteiger partial charge in [-0.1, -0.05) is 6.07 Å². The van der Waals surface area contributed by atoms with Crippen LogP contribution in [0, 0.1) is 24.0 Å². The standard InChI is InChI=1S/C11H16N2O2/c1-8-4-5-11(6-9(8)2)12-7-10(3)13(14)15/h4-6,10,12H,7H2,1-3H3. The predicted molar refractivity (Wildman–Crippen MR) is 60.9 cm³/mol. The Balaban J connectivity index is 2.58. The summed E-state index contributed by atoms with van der Waals surface area (Å²) in [4.78, 5) is 10.1. The Morgan fingerprint density at radius 1 is 1.40 bits per heavy atom. The summed E-state index contributed by atoms with van der Waals surface area (Å²) in [5.41, 5.74) is 3.35. The van der Waals surface area contributed by atoms with Gasteiger partial charge in [0.05, 0.1) is 6.54 Å². The first-order chi connectivity index (χ1) is 7.00. The van der Waals surface area contributed by atoms with Gasteiger partial charge in [0.1, 0.15) is 0 Å². The van der Waals surface area contributed by atoms with E-state index >= 15 is 0 Å². The van der Waals surface area contributed by atoms with Crippen molar-refractivity contribution in [3.63, 3.8) is 0 Å². The quantitative estimate of drug-likeness (QED) is 0.610. The second-order valence-corrected chi connectivity index (χ2v) is 3.81. The Bertz CT molecular complexity index is 364. The van der Waals surface area contributed by atoms with Crippen molar-refractivity contribution in [2.24, 2.45) is 0 Å². The maximum atomic E-state index is 10.4. The number of benzene rings is 1. The molecule has 82 valence electrons. The molecule has 4 heteroatoms. The molecular weight excluding hydrogens is 192 g/mol. The van der Waals surface area contributed by atoms with Gasteiger partial charge < -0.3 is 5.32 Å². The lowest BCUT2D eigenvalue weighted by atomic mass is 10.1. The topological polar surface area (TPSA) is 55.2 Å². The molecule has 0 amide bonds. The molecule has 1 N–H and O–H groups in total. The van der Waals surface area contributed by atoms with Crippen molar-refractivity contribution in [2.45, 2.75) is 26.8 Å². The highest BCUT2D eigenvalue weighted by Gasteiger charge is 2.11. The number of rotatable bonds is 4. The zero-order valence-electron chi connectivity index (χ0n) is 9.28. The summed E-state index contributed by atoms with van der Waals surface area (Å²) in [7, 11) is 0. The fourth-order valence-electron chi connectivity index (χ4n) is 1.19. The number of hydrogen-bond acceptors (Lipinski definition) is 3. The Morgan fingerprint density at radius 2 is 2.07 bits per heavy atom. The monoisotopic (exact) mass is 208 g/mol. The summed E-state index contributed by atoms with van der Waals surface area (Å²) in [6, 6.07) is 5.39. The van der Waals surface area contributed by atoms with E-state index in [9.17, 15) is 10.1 Å². The van der Waals surface area contributed by atoms with Crippen LogP contribution in [0.25, 0.3) is 0 Å². The fraction of sp³-hybridized carbons (Fsp3) is 0.455. The van der Waals surface area contributed by atoms with Gasteiger partial charge in [-0.15, -0.1) is 0 Å². The van der Waals surface area contributed by atoms with E-state index in [1.807, 2.05) is 32.0 Å². The van der Waals surface area contributed by atoms with Gasteiger partial charge in [-0.25, -0.2) is 0 Å². The molecule has 0 aliphatic rings. The van der Waals surface area contributed by atoms with E-state index in [0.717, 1.165) is 5.69 Å². The minimum absolute atomic E-state index is 0.284. The Labute approximate surface area is 89.5 Å². The van der Waals surface area contributed by atoms with Crippen LogP contribution in [0.3, 0.4) is 0 Å². The van der Waals surface area contributed by atoms with Crippen LogP contribution in [0.4, 0.5) is 5.69 Å². The van der Waals surface area contributed by atoms with Gasteiger partial charge >= 0.3 is 0 Å². The Kier molecular flexibility index (Phi) is 3.66. The van der Waals surface area contributed by atoms with E-state index in [2.05, 4.69) is 5.32 Å². The molecule has 0 fully saturated rings. The van der Waals surface area contributed by atoms with Gasteiger partial charge in [0.15, 0.2) is 0 Å². The van der Waals surface area contributed by atoms with Gasteiger partial charge in [0.25, 0.3) is 0 Å². The van der Waals surface area contributed by atoms with E-state index in [-0.39, 0.29) is 4.92 Å². The van der Waals surface area contributed by atoms with E-state index in [1.165, 1.54) is 11.1 Å². The van der Waals surface area contributed by atoms with Crippen LogP contribution < -0.4 is 5.32 Å². The van der Waals surface area contributed by atoms with Crippen molar-refractivity contribution in [3.05, 3.63) is 39.4 Å². The SMILES string of the molecule is Cc1ccc(NCC(C)[N+](=O)[O-])cc1C. The predicted octanol–water partition coefficient (Wildman–Crippen LogP) is 2.38. The van der Waals surface area contributed by atoms with Crippen LogP contribution >= 0.6 is 0 Å². The summed E-state index contributed by atoms with van der Waals surface area (Å²) >= 11 is 0. The molecule has 4 nitrogen and oxygen atoms in total. The highest BCUT2D eigenvalue weighted by molar-refractivity contribution is 5.48. The van der Waals surface area contributed by atoms with Crippen LogP contribution in [0.1, 0.15) is 18.1 Å². The molecule has 1 aromatic carbocycles. The van der Waals surface area contributed by atoms with E-state index in [1.54, 1.807) is 6.92 Å². The van der Waals surface area contributed by atoms with Crippen molar-refractivity contribution in [1.29, 1.82) is 0 Å². The summed E-state index contributed by atoms with van der Waals surface area (Å²) in [6.45, 7) is 6.01. The normalized spacial score (nSPS) is 12.2. The Hall–Kier alpha value is -1.58. The van der Waals surface area contributed by atoms with Gasteiger partial charge in [0, 0.05) is 17.5 Å². The summed E-state index contributed by atoms with van der Waals surface area (Å²) in [6.07, 6.45) is 0. The summed E-state index contributed by atoms with van der Waals surface area (Å²) in [5.74, 6) is 0. The van der Waals surface area contributed by atoms with Gasteiger partial charge in [0.2, 0.25) is 6.04 Å². The van der Waals surface area contributed by atoms with Gasteiger partial charge in [-0.2, -0.15) is 0 Å². The summed E-state index contributed by atoms with van der Waals surface area (Å²) < 4.78 is 0. The van der Waals surface area contributed by atoms with Crippen molar-refractivity contribution < 1.29 is 4.92 Å². The molecule has 1 unspecified atom stereocenters. The molecule has 0 aliphatic carbocycles. The lowest BCUT2D eigenvalue weighted by Crippen LogP contribution is -2.24. The first kappa shape index (κ1) is 11.5. The lowest BCUT2D eigenvalue weighted by Gasteiger charge is -2.09. The minimum atomic E-state index is -0.563. The highest BCUT2D eigenvalue weighted by atomic mass is 16.6. The van der Waals surface area contributed by atoms with E-state index in [0.29, 0.717) is 6.54 Å². The first-order valence-corrected chi connectivity index (χ1v) is 4.95. The molecule has 0 aliphatic heterocycles. The van der Waals surface area contributed by atoms with Crippen LogP contribution in [0.15, 0.2) is 18.2 Å². The second-order valence-electron chi connectivity index (χ2n) is 3.81. The van der Waals surface area contributed by atoms with Crippen LogP contribution in [-0.4, -0.2) is 17.5 Å². The Morgan fingerprint density at radius 3 is 2.60 bits per heavy atom. The maximum absolute atomic E-state index is 10.4. The largest absolute Gasteiger partial charge is 0.378 e. The number of nitrogens with one attached hydrogen (secondary N) is 1. The van der Waals surface area contributed by atoms with Crippen LogP contribution in [0.5, 0.6) is 0 Å². The number of anilines is 1. The smallest absolute Gasteiger partial charge is 0.227 e. The molecule has 0 spiro atoms. The van der Waals surface area contributed by atoms with E-state index in [4.69, 9.17) is 0 Å². The fourth-order valence-corrected chi connectivity index (χ4v) is 1.19. The maximum Gasteiger partial charge on any atom is 0.227 e. The molecular formula is C11H16N2O2. The first-order valence-electron chi connectivity index (χ1n) is 4.95. The minimum Gasteiger partial charge on any atom is -0.378 e. The number of nitrogens with zero attached hydrogens (tertiary/aromatic N) is 1. The molecule has 15 heavy (non-hydrogen) atoms. The molecule has 0 aromatic heterocycles. The molecule has 1 atom stereocenters. The second kappa shape index (κ2) is 4.77. The molecule has 0 saturated carbocycles. The van der Waals surface area contributed by atoms with E-state index < -0.39 is 6.04 Å². The zero-order chi connectivity index (χ0) is 11.4. The van der Waals surface area contributed by atoms with Gasteiger partial charge in [-0.05, 0) is 37.1 Å².